The van der Waals surface area contributed by atoms with Gasteiger partial charge in [-0.25, -0.2) is 9.97 Å². The van der Waals surface area contributed by atoms with Gasteiger partial charge in [-0.05, 0) is 55.5 Å². The second-order valence-corrected chi connectivity index (χ2v) is 8.02. The van der Waals surface area contributed by atoms with E-state index in [0.29, 0.717) is 30.5 Å². The van der Waals surface area contributed by atoms with Gasteiger partial charge >= 0.3 is 0 Å². The third-order valence-electron chi connectivity index (χ3n) is 5.73. The number of para-hydroxylation sites is 1. The number of hydrogen-bond acceptors (Lipinski definition) is 5. The molecule has 6 heteroatoms. The van der Waals surface area contributed by atoms with E-state index in [1.165, 1.54) is 11.1 Å². The molecule has 1 saturated heterocycles. The van der Waals surface area contributed by atoms with E-state index in [9.17, 15) is 4.79 Å². The second-order valence-electron chi connectivity index (χ2n) is 8.02. The summed E-state index contributed by atoms with van der Waals surface area (Å²) in [7, 11) is 0. The number of rotatable bonds is 6. The van der Waals surface area contributed by atoms with Crippen molar-refractivity contribution in [3.05, 3.63) is 77.6 Å². The van der Waals surface area contributed by atoms with Crippen molar-refractivity contribution in [2.45, 2.75) is 33.2 Å². The maximum atomic E-state index is 12.9. The van der Waals surface area contributed by atoms with E-state index in [-0.39, 0.29) is 11.8 Å². The van der Waals surface area contributed by atoms with Gasteiger partial charge in [-0.3, -0.25) is 4.79 Å². The Morgan fingerprint density at radius 3 is 2.71 bits per heavy atom. The van der Waals surface area contributed by atoms with E-state index >= 15 is 0 Å². The number of amides is 1. The van der Waals surface area contributed by atoms with Gasteiger partial charge in [0.2, 0.25) is 5.91 Å². The molecule has 160 valence electrons. The van der Waals surface area contributed by atoms with Crippen LogP contribution in [0, 0.1) is 19.8 Å². The van der Waals surface area contributed by atoms with Gasteiger partial charge < -0.3 is 15.0 Å². The van der Waals surface area contributed by atoms with Gasteiger partial charge in [0, 0.05) is 32.0 Å². The molecular weight excluding hydrogens is 388 g/mol. The smallest absolute Gasteiger partial charge is 0.263 e. The Hall–Kier alpha value is -3.41. The highest BCUT2D eigenvalue weighted by Gasteiger charge is 2.28. The molecule has 6 nitrogen and oxygen atoms in total. The van der Waals surface area contributed by atoms with Gasteiger partial charge in [0.1, 0.15) is 5.75 Å². The molecule has 0 radical (unpaired) electrons. The molecule has 0 saturated carbocycles. The third-order valence-corrected chi connectivity index (χ3v) is 5.73. The van der Waals surface area contributed by atoms with Crippen molar-refractivity contribution in [3.63, 3.8) is 0 Å². The minimum atomic E-state index is -0.0909. The Balaban J connectivity index is 1.41. The summed E-state index contributed by atoms with van der Waals surface area (Å²) in [4.78, 5) is 23.9. The Labute approximate surface area is 183 Å². The largest absolute Gasteiger partial charge is 0.436 e. The molecule has 1 N–H and O–H groups in total. The molecule has 1 amide bonds. The standard InChI is InChI=1S/C25H28N4O2/c1-18-10-11-20(15-19(18)2)16-28-24(30)21-7-6-14-29(17-21)23-25(27-13-12-26-23)31-22-8-4-3-5-9-22/h3-5,8-13,15,21H,6-7,14,16-17H2,1-2H3,(H,28,30)/t21-/m1/s1. The van der Waals surface area contributed by atoms with E-state index in [1.807, 2.05) is 30.3 Å². The molecule has 1 aromatic heterocycles. The number of carbonyl (C=O) groups excluding carboxylic acids is 1. The number of aryl methyl sites for hydroxylation is 2. The number of anilines is 1. The summed E-state index contributed by atoms with van der Waals surface area (Å²) in [5.74, 6) is 1.84. The van der Waals surface area contributed by atoms with E-state index in [1.54, 1.807) is 12.4 Å². The Kier molecular flexibility index (Phi) is 6.46. The van der Waals surface area contributed by atoms with E-state index in [0.717, 1.165) is 24.9 Å². The van der Waals surface area contributed by atoms with Crippen LogP contribution in [0.25, 0.3) is 0 Å². The molecule has 1 atom stereocenters. The molecule has 0 spiro atoms. The first-order valence-corrected chi connectivity index (χ1v) is 10.7. The van der Waals surface area contributed by atoms with Gasteiger partial charge in [0.25, 0.3) is 5.88 Å². The topological polar surface area (TPSA) is 67.4 Å². The number of ether oxygens (including phenoxy) is 1. The molecule has 2 heterocycles. The highest BCUT2D eigenvalue weighted by Crippen LogP contribution is 2.31. The van der Waals surface area contributed by atoms with Crippen LogP contribution in [-0.2, 0) is 11.3 Å². The molecule has 4 rings (SSSR count). The number of nitrogens with one attached hydrogen (secondary N) is 1. The van der Waals surface area contributed by atoms with Crippen molar-refractivity contribution in [1.82, 2.24) is 15.3 Å². The predicted molar refractivity (Wildman–Crippen MR) is 121 cm³/mol. The lowest BCUT2D eigenvalue weighted by molar-refractivity contribution is -0.125. The van der Waals surface area contributed by atoms with Crippen LogP contribution < -0.4 is 15.0 Å². The predicted octanol–water partition coefficient (Wildman–Crippen LogP) is 4.42. The van der Waals surface area contributed by atoms with Crippen LogP contribution in [0.3, 0.4) is 0 Å². The van der Waals surface area contributed by atoms with Gasteiger partial charge in [-0.15, -0.1) is 0 Å². The summed E-state index contributed by atoms with van der Waals surface area (Å²) >= 11 is 0. The number of benzene rings is 2. The van der Waals surface area contributed by atoms with Crippen LogP contribution in [0.15, 0.2) is 60.9 Å². The minimum absolute atomic E-state index is 0.0809. The lowest BCUT2D eigenvalue weighted by atomic mass is 9.97. The van der Waals surface area contributed by atoms with Gasteiger partial charge in [-0.2, -0.15) is 0 Å². The van der Waals surface area contributed by atoms with Crippen molar-refractivity contribution in [2.24, 2.45) is 5.92 Å². The second kappa shape index (κ2) is 9.60. The van der Waals surface area contributed by atoms with Crippen molar-refractivity contribution in [1.29, 1.82) is 0 Å². The molecule has 1 aliphatic heterocycles. The molecule has 0 bridgehead atoms. The summed E-state index contributed by atoms with van der Waals surface area (Å²) in [5, 5.41) is 3.11. The minimum Gasteiger partial charge on any atom is -0.436 e. The van der Waals surface area contributed by atoms with Crippen molar-refractivity contribution in [2.75, 3.05) is 18.0 Å². The summed E-state index contributed by atoms with van der Waals surface area (Å²) in [6.07, 6.45) is 5.07. The first kappa shape index (κ1) is 20.8. The summed E-state index contributed by atoms with van der Waals surface area (Å²) in [5.41, 5.74) is 3.62. The highest BCUT2D eigenvalue weighted by atomic mass is 16.5. The number of piperidine rings is 1. The van der Waals surface area contributed by atoms with Gasteiger partial charge in [0.05, 0.1) is 5.92 Å². The quantitative estimate of drug-likeness (QED) is 0.644. The zero-order valence-electron chi connectivity index (χ0n) is 18.0. The van der Waals surface area contributed by atoms with Crippen LogP contribution >= 0.6 is 0 Å². The Bertz CT molecular complexity index is 1040. The molecule has 1 aliphatic rings. The normalized spacial score (nSPS) is 16.1. The number of nitrogens with zero attached hydrogens (tertiary/aromatic N) is 3. The van der Waals surface area contributed by atoms with Crippen LogP contribution in [0.1, 0.15) is 29.5 Å². The molecule has 1 fully saturated rings. The highest BCUT2D eigenvalue weighted by molar-refractivity contribution is 5.79. The van der Waals surface area contributed by atoms with E-state index in [2.05, 4.69) is 52.2 Å². The van der Waals surface area contributed by atoms with Crippen molar-refractivity contribution >= 4 is 11.7 Å². The average Bonchev–Trinajstić information content (AvgIpc) is 2.81. The fourth-order valence-corrected chi connectivity index (χ4v) is 3.84. The third kappa shape index (κ3) is 5.20. The first-order valence-electron chi connectivity index (χ1n) is 10.7. The van der Waals surface area contributed by atoms with Crippen LogP contribution in [0.2, 0.25) is 0 Å². The lowest BCUT2D eigenvalue weighted by Crippen LogP contribution is -2.43. The molecular formula is C25H28N4O2. The van der Waals surface area contributed by atoms with Crippen LogP contribution in [0.5, 0.6) is 11.6 Å². The molecule has 3 aromatic rings. The summed E-state index contributed by atoms with van der Waals surface area (Å²) < 4.78 is 5.97. The fraction of sp³-hybridized carbons (Fsp3) is 0.320. The zero-order valence-corrected chi connectivity index (χ0v) is 18.0. The van der Waals surface area contributed by atoms with Crippen molar-refractivity contribution < 1.29 is 9.53 Å². The first-order chi connectivity index (χ1) is 15.1. The fourth-order valence-electron chi connectivity index (χ4n) is 3.84. The monoisotopic (exact) mass is 416 g/mol. The number of carbonyl (C=O) groups is 1. The summed E-state index contributed by atoms with van der Waals surface area (Å²) in [6.45, 7) is 6.16. The number of hydrogen-bond donors (Lipinski definition) is 1. The van der Waals surface area contributed by atoms with E-state index in [4.69, 9.17) is 4.74 Å². The molecule has 0 unspecified atom stereocenters. The van der Waals surface area contributed by atoms with E-state index < -0.39 is 0 Å². The Morgan fingerprint density at radius 1 is 1.10 bits per heavy atom. The van der Waals surface area contributed by atoms with Crippen molar-refractivity contribution in [3.8, 4) is 11.6 Å². The zero-order chi connectivity index (χ0) is 21.6. The molecule has 31 heavy (non-hydrogen) atoms. The van der Waals surface area contributed by atoms with Crippen LogP contribution in [0.4, 0.5) is 5.82 Å². The lowest BCUT2D eigenvalue weighted by Gasteiger charge is -2.33. The molecule has 2 aromatic carbocycles. The van der Waals surface area contributed by atoms with Gasteiger partial charge in [0.15, 0.2) is 5.82 Å². The van der Waals surface area contributed by atoms with Gasteiger partial charge in [-0.1, -0.05) is 36.4 Å². The van der Waals surface area contributed by atoms with Crippen LogP contribution in [-0.4, -0.2) is 29.0 Å². The Morgan fingerprint density at radius 2 is 1.90 bits per heavy atom. The number of aromatic nitrogens is 2. The molecule has 0 aliphatic carbocycles. The maximum absolute atomic E-state index is 12.9. The maximum Gasteiger partial charge on any atom is 0.263 e. The summed E-state index contributed by atoms with van der Waals surface area (Å²) in [6, 6.07) is 15.9. The SMILES string of the molecule is Cc1ccc(CNC(=O)[C@@H]2CCCN(c3nccnc3Oc3ccccc3)C2)cc1C. The average molecular weight is 417 g/mol.